The third-order valence-electron chi connectivity index (χ3n) is 4.39. The fourth-order valence-electron chi connectivity index (χ4n) is 1.87. The van der Waals surface area contributed by atoms with Gasteiger partial charge in [0.15, 0.2) is 8.32 Å². The fraction of sp³-hybridized carbons (Fsp3) is 0.588. The van der Waals surface area contributed by atoms with E-state index in [9.17, 15) is 15.0 Å². The van der Waals surface area contributed by atoms with Crippen LogP contribution in [0, 0.1) is 0 Å². The Morgan fingerprint density at radius 3 is 2.35 bits per heavy atom. The van der Waals surface area contributed by atoms with Crippen molar-refractivity contribution >= 4 is 14.3 Å². The van der Waals surface area contributed by atoms with E-state index >= 15 is 0 Å². The molecule has 1 atom stereocenters. The number of para-hydroxylation sites is 1. The second-order valence-electron chi connectivity index (χ2n) is 7.07. The molecule has 0 amide bonds. The summed E-state index contributed by atoms with van der Waals surface area (Å²) in [5.41, 5.74) is 0.481. The van der Waals surface area contributed by atoms with Crippen LogP contribution in [0.4, 0.5) is 0 Å². The van der Waals surface area contributed by atoms with Gasteiger partial charge in [-0.2, -0.15) is 0 Å². The van der Waals surface area contributed by atoms with Gasteiger partial charge in [-0.05, 0) is 24.2 Å². The molecule has 0 fully saturated rings. The number of aliphatic carboxylic acids is 1. The first-order valence-electron chi connectivity index (χ1n) is 7.79. The molecule has 23 heavy (non-hydrogen) atoms. The average molecular weight is 340 g/mol. The molecule has 0 spiro atoms. The minimum Gasteiger partial charge on any atom is -0.491 e. The number of ether oxygens (including phenoxy) is 1. The number of aliphatic hydroxyl groups excluding tert-OH is 1. The van der Waals surface area contributed by atoms with Crippen molar-refractivity contribution in [3.05, 3.63) is 29.8 Å². The lowest BCUT2D eigenvalue weighted by Crippen LogP contribution is -2.41. The van der Waals surface area contributed by atoms with Crippen molar-refractivity contribution in [1.29, 1.82) is 0 Å². The van der Waals surface area contributed by atoms with Gasteiger partial charge in [0.05, 0.1) is 13.2 Å². The van der Waals surface area contributed by atoms with E-state index in [0.29, 0.717) is 24.5 Å². The van der Waals surface area contributed by atoms with Crippen molar-refractivity contribution in [2.45, 2.75) is 44.8 Å². The Balaban J connectivity index is 2.68. The van der Waals surface area contributed by atoms with Crippen LogP contribution in [-0.2, 0) is 9.22 Å². The normalized spacial score (nSPS) is 13.7. The first-order valence-corrected chi connectivity index (χ1v) is 10.7. The SMILES string of the molecule is CC(C)(C)[Si](C)(C)OCCOc1ccccc1C(CO)C(=O)O. The lowest BCUT2D eigenvalue weighted by atomic mass is 9.99. The summed E-state index contributed by atoms with van der Waals surface area (Å²) >= 11 is 0. The Hall–Kier alpha value is -1.37. The van der Waals surface area contributed by atoms with Crippen LogP contribution in [0.3, 0.4) is 0 Å². The average Bonchev–Trinajstić information content (AvgIpc) is 2.44. The van der Waals surface area contributed by atoms with Gasteiger partial charge in [-0.25, -0.2) is 0 Å². The van der Waals surface area contributed by atoms with Crippen LogP contribution < -0.4 is 4.74 Å². The Morgan fingerprint density at radius 2 is 1.83 bits per heavy atom. The summed E-state index contributed by atoms with van der Waals surface area (Å²) in [6, 6.07) is 6.90. The highest BCUT2D eigenvalue weighted by atomic mass is 28.4. The lowest BCUT2D eigenvalue weighted by Gasteiger charge is -2.36. The summed E-state index contributed by atoms with van der Waals surface area (Å²) < 4.78 is 11.7. The van der Waals surface area contributed by atoms with Crippen molar-refractivity contribution in [1.82, 2.24) is 0 Å². The summed E-state index contributed by atoms with van der Waals surface area (Å²) in [5.74, 6) is -1.57. The van der Waals surface area contributed by atoms with Gasteiger partial charge in [0, 0.05) is 5.56 Å². The first-order chi connectivity index (χ1) is 10.6. The highest BCUT2D eigenvalue weighted by Gasteiger charge is 2.36. The smallest absolute Gasteiger partial charge is 0.313 e. The number of benzene rings is 1. The molecule has 0 aliphatic heterocycles. The molecule has 0 saturated carbocycles. The van der Waals surface area contributed by atoms with E-state index in [1.165, 1.54) is 0 Å². The molecule has 0 aromatic heterocycles. The van der Waals surface area contributed by atoms with Gasteiger partial charge in [-0.1, -0.05) is 39.0 Å². The molecule has 0 aliphatic rings. The molecule has 1 rings (SSSR count). The predicted molar refractivity (Wildman–Crippen MR) is 92.5 cm³/mol. The number of aliphatic hydroxyl groups is 1. The second kappa shape index (κ2) is 7.94. The summed E-state index contributed by atoms with van der Waals surface area (Å²) in [5, 5.41) is 18.6. The van der Waals surface area contributed by atoms with E-state index in [-0.39, 0.29) is 5.04 Å². The minimum atomic E-state index is -1.82. The molecule has 5 nitrogen and oxygen atoms in total. The summed E-state index contributed by atoms with van der Waals surface area (Å²) in [6.07, 6.45) is 0. The van der Waals surface area contributed by atoms with Gasteiger partial charge >= 0.3 is 5.97 Å². The molecule has 130 valence electrons. The number of rotatable bonds is 8. The Morgan fingerprint density at radius 1 is 1.22 bits per heavy atom. The Bertz CT molecular complexity index is 522. The fourth-order valence-corrected chi connectivity index (χ4v) is 2.90. The third-order valence-corrected chi connectivity index (χ3v) is 8.92. The molecule has 0 bridgehead atoms. The van der Waals surface area contributed by atoms with Crippen LogP contribution in [0.15, 0.2) is 24.3 Å². The van der Waals surface area contributed by atoms with Crippen molar-refractivity contribution < 1.29 is 24.2 Å². The molecule has 0 heterocycles. The van der Waals surface area contributed by atoms with E-state index < -0.39 is 26.8 Å². The summed E-state index contributed by atoms with van der Waals surface area (Å²) in [6.45, 7) is 11.2. The second-order valence-corrected chi connectivity index (χ2v) is 11.9. The molecular weight excluding hydrogens is 312 g/mol. The van der Waals surface area contributed by atoms with Crippen molar-refractivity contribution in [3.63, 3.8) is 0 Å². The van der Waals surface area contributed by atoms with Crippen molar-refractivity contribution in [2.75, 3.05) is 19.8 Å². The molecule has 1 aromatic rings. The maximum absolute atomic E-state index is 11.2. The molecule has 0 saturated heterocycles. The van der Waals surface area contributed by atoms with E-state index in [0.717, 1.165) is 0 Å². The molecular formula is C17H28O5Si. The topological polar surface area (TPSA) is 76.0 Å². The molecule has 0 aliphatic carbocycles. The van der Waals surface area contributed by atoms with Crippen LogP contribution in [0.5, 0.6) is 5.75 Å². The largest absolute Gasteiger partial charge is 0.491 e. The van der Waals surface area contributed by atoms with Crippen molar-refractivity contribution in [3.8, 4) is 5.75 Å². The maximum atomic E-state index is 11.2. The lowest BCUT2D eigenvalue weighted by molar-refractivity contribution is -0.139. The number of carboxylic acid groups (broad SMARTS) is 1. The Kier molecular flexibility index (Phi) is 6.79. The number of hydrogen-bond acceptors (Lipinski definition) is 4. The standard InChI is InChI=1S/C17H28O5Si/c1-17(2,3)23(4,5)22-11-10-21-15-9-7-6-8-13(15)14(12-18)16(19)20/h6-9,14,18H,10-12H2,1-5H3,(H,19,20). The van der Waals surface area contributed by atoms with Gasteiger partial charge in [0.1, 0.15) is 18.3 Å². The van der Waals surface area contributed by atoms with Crippen LogP contribution >= 0.6 is 0 Å². The monoisotopic (exact) mass is 340 g/mol. The van der Waals surface area contributed by atoms with Crippen LogP contribution in [0.25, 0.3) is 0 Å². The zero-order valence-electron chi connectivity index (χ0n) is 14.6. The number of carbonyl (C=O) groups is 1. The van der Waals surface area contributed by atoms with E-state index in [1.54, 1.807) is 24.3 Å². The predicted octanol–water partition coefficient (Wildman–Crippen LogP) is 3.25. The molecule has 1 unspecified atom stereocenters. The van der Waals surface area contributed by atoms with Gasteiger partial charge in [0.2, 0.25) is 0 Å². The van der Waals surface area contributed by atoms with Crippen LogP contribution in [0.2, 0.25) is 18.1 Å². The van der Waals surface area contributed by atoms with E-state index in [1.807, 2.05) is 0 Å². The maximum Gasteiger partial charge on any atom is 0.313 e. The zero-order chi connectivity index (χ0) is 17.7. The van der Waals surface area contributed by atoms with Gasteiger partial charge in [-0.15, -0.1) is 0 Å². The molecule has 6 heteroatoms. The highest BCUT2D eigenvalue weighted by molar-refractivity contribution is 6.74. The minimum absolute atomic E-state index is 0.135. The summed E-state index contributed by atoms with van der Waals surface area (Å²) in [7, 11) is -1.82. The van der Waals surface area contributed by atoms with E-state index in [2.05, 4.69) is 33.9 Å². The first kappa shape index (κ1) is 19.7. The third kappa shape index (κ3) is 5.33. The molecule has 2 N–H and O–H groups in total. The number of hydrogen-bond donors (Lipinski definition) is 2. The molecule has 1 aromatic carbocycles. The van der Waals surface area contributed by atoms with E-state index in [4.69, 9.17) is 9.16 Å². The van der Waals surface area contributed by atoms with Gasteiger partial charge < -0.3 is 19.4 Å². The Labute approximate surface area is 139 Å². The van der Waals surface area contributed by atoms with Crippen LogP contribution in [0.1, 0.15) is 32.3 Å². The van der Waals surface area contributed by atoms with Gasteiger partial charge in [-0.3, -0.25) is 4.79 Å². The molecule has 0 radical (unpaired) electrons. The zero-order valence-corrected chi connectivity index (χ0v) is 15.6. The van der Waals surface area contributed by atoms with Crippen LogP contribution in [-0.4, -0.2) is 44.3 Å². The highest BCUT2D eigenvalue weighted by Crippen LogP contribution is 2.36. The summed E-state index contributed by atoms with van der Waals surface area (Å²) in [4.78, 5) is 11.2. The quantitative estimate of drug-likeness (QED) is 0.561. The number of carboxylic acids is 1. The van der Waals surface area contributed by atoms with Gasteiger partial charge in [0.25, 0.3) is 0 Å². The van der Waals surface area contributed by atoms with Crippen molar-refractivity contribution in [2.24, 2.45) is 0 Å².